The van der Waals surface area contributed by atoms with Crippen LogP contribution in [0.15, 0.2) is 28.7 Å². The Labute approximate surface area is 123 Å². The summed E-state index contributed by atoms with van der Waals surface area (Å²) in [7, 11) is 0. The number of hydrogen-bond donors (Lipinski definition) is 0. The van der Waals surface area contributed by atoms with Gasteiger partial charge in [0.15, 0.2) is 0 Å². The summed E-state index contributed by atoms with van der Waals surface area (Å²) >= 11 is 3.48. The average molecular weight is 322 g/mol. The monoisotopic (exact) mass is 321 g/mol. The molecule has 0 aliphatic carbocycles. The molecule has 0 saturated carbocycles. The molecule has 1 aromatic rings. The van der Waals surface area contributed by atoms with E-state index in [1.165, 1.54) is 13.0 Å². The second kappa shape index (κ2) is 7.04. The Hall–Kier alpha value is -0.890. The molecule has 0 N–H and O–H groups in total. The van der Waals surface area contributed by atoms with Gasteiger partial charge >= 0.3 is 0 Å². The van der Waals surface area contributed by atoms with E-state index in [1.807, 2.05) is 24.3 Å². The van der Waals surface area contributed by atoms with E-state index in [-0.39, 0.29) is 6.04 Å². The molecule has 1 saturated heterocycles. The van der Waals surface area contributed by atoms with E-state index in [2.05, 4.69) is 38.7 Å². The van der Waals surface area contributed by atoms with E-state index in [0.29, 0.717) is 0 Å². The van der Waals surface area contributed by atoms with Crippen molar-refractivity contribution in [1.29, 1.82) is 5.26 Å². The molecule has 0 radical (unpaired) electrons. The maximum absolute atomic E-state index is 9.47. The van der Waals surface area contributed by atoms with Crippen molar-refractivity contribution in [2.45, 2.75) is 19.4 Å². The van der Waals surface area contributed by atoms with Gasteiger partial charge in [0.05, 0.1) is 6.07 Å². The van der Waals surface area contributed by atoms with Gasteiger partial charge in [0.25, 0.3) is 0 Å². The van der Waals surface area contributed by atoms with Crippen LogP contribution in [0.2, 0.25) is 0 Å². The third kappa shape index (κ3) is 3.79. The van der Waals surface area contributed by atoms with Gasteiger partial charge in [0.1, 0.15) is 6.04 Å². The van der Waals surface area contributed by atoms with Gasteiger partial charge < -0.3 is 4.90 Å². The molecule has 1 aliphatic heterocycles. The van der Waals surface area contributed by atoms with Crippen LogP contribution >= 0.6 is 15.9 Å². The summed E-state index contributed by atoms with van der Waals surface area (Å²) in [6, 6.07) is 10.4. The minimum absolute atomic E-state index is 0.124. The molecule has 0 amide bonds. The first-order valence-electron chi connectivity index (χ1n) is 6.86. The quantitative estimate of drug-likeness (QED) is 0.853. The van der Waals surface area contributed by atoms with Crippen LogP contribution in [0.5, 0.6) is 0 Å². The van der Waals surface area contributed by atoms with E-state index >= 15 is 0 Å². The van der Waals surface area contributed by atoms with E-state index in [0.717, 1.165) is 36.2 Å². The molecule has 1 aliphatic rings. The number of nitriles is 1. The molecule has 1 heterocycles. The van der Waals surface area contributed by atoms with Crippen LogP contribution in [0.1, 0.15) is 24.9 Å². The van der Waals surface area contributed by atoms with Gasteiger partial charge in [-0.2, -0.15) is 5.26 Å². The Morgan fingerprint density at radius 2 is 2.05 bits per heavy atom. The molecule has 2 rings (SSSR count). The van der Waals surface area contributed by atoms with E-state index in [9.17, 15) is 5.26 Å². The van der Waals surface area contributed by atoms with Crippen molar-refractivity contribution in [3.8, 4) is 6.07 Å². The summed E-state index contributed by atoms with van der Waals surface area (Å²) in [5, 5.41) is 9.47. The number of halogens is 1. The zero-order valence-corrected chi connectivity index (χ0v) is 12.9. The lowest BCUT2D eigenvalue weighted by atomic mass is 10.1. The van der Waals surface area contributed by atoms with Gasteiger partial charge in [-0.15, -0.1) is 0 Å². The van der Waals surface area contributed by atoms with Gasteiger partial charge in [0, 0.05) is 30.7 Å². The maximum Gasteiger partial charge on any atom is 0.123 e. The molecule has 1 atom stereocenters. The largest absolute Gasteiger partial charge is 0.301 e. The van der Waals surface area contributed by atoms with Gasteiger partial charge in [-0.3, -0.25) is 4.90 Å². The molecular formula is C15H20BrN3. The highest BCUT2D eigenvalue weighted by atomic mass is 79.9. The van der Waals surface area contributed by atoms with Crippen LogP contribution in [-0.2, 0) is 0 Å². The van der Waals surface area contributed by atoms with Gasteiger partial charge in [-0.25, -0.2) is 0 Å². The predicted molar refractivity (Wildman–Crippen MR) is 80.8 cm³/mol. The van der Waals surface area contributed by atoms with E-state index < -0.39 is 0 Å². The third-order valence-corrected chi connectivity index (χ3v) is 4.09. The summed E-state index contributed by atoms with van der Waals surface area (Å²) in [5.41, 5.74) is 1.08. The molecule has 19 heavy (non-hydrogen) atoms. The van der Waals surface area contributed by atoms with E-state index in [4.69, 9.17) is 0 Å². The third-order valence-electron chi connectivity index (χ3n) is 3.60. The molecule has 4 heteroatoms. The highest BCUT2D eigenvalue weighted by Gasteiger charge is 2.24. The lowest BCUT2D eigenvalue weighted by Crippen LogP contribution is -2.47. The molecule has 102 valence electrons. The fourth-order valence-electron chi connectivity index (χ4n) is 2.61. The minimum atomic E-state index is -0.124. The maximum atomic E-state index is 9.47. The summed E-state index contributed by atoms with van der Waals surface area (Å²) in [5.74, 6) is 0. The fraction of sp³-hybridized carbons (Fsp3) is 0.533. The zero-order chi connectivity index (χ0) is 13.7. The van der Waals surface area contributed by atoms with Gasteiger partial charge in [-0.1, -0.05) is 35.0 Å². The molecule has 0 aromatic heterocycles. The van der Waals surface area contributed by atoms with Crippen molar-refractivity contribution in [2.24, 2.45) is 0 Å². The van der Waals surface area contributed by atoms with Crippen LogP contribution in [0, 0.1) is 11.3 Å². The number of benzene rings is 1. The molecule has 1 unspecified atom stereocenters. The van der Waals surface area contributed by atoms with Crippen molar-refractivity contribution >= 4 is 15.9 Å². The van der Waals surface area contributed by atoms with Crippen molar-refractivity contribution in [3.05, 3.63) is 34.3 Å². The van der Waals surface area contributed by atoms with Gasteiger partial charge in [-0.05, 0) is 30.7 Å². The smallest absolute Gasteiger partial charge is 0.123 e. The van der Waals surface area contributed by atoms with Crippen molar-refractivity contribution in [1.82, 2.24) is 9.80 Å². The number of piperazine rings is 1. The van der Waals surface area contributed by atoms with Crippen LogP contribution in [0.4, 0.5) is 0 Å². The zero-order valence-electron chi connectivity index (χ0n) is 11.3. The molecular weight excluding hydrogens is 302 g/mol. The van der Waals surface area contributed by atoms with Crippen LogP contribution in [-0.4, -0.2) is 42.5 Å². The second-order valence-electron chi connectivity index (χ2n) is 4.96. The number of nitrogens with zero attached hydrogens (tertiary/aromatic N) is 3. The Morgan fingerprint density at radius 1 is 1.32 bits per heavy atom. The lowest BCUT2D eigenvalue weighted by Gasteiger charge is -2.36. The normalized spacial score (nSPS) is 19.0. The molecule has 0 bridgehead atoms. The first-order valence-corrected chi connectivity index (χ1v) is 7.65. The lowest BCUT2D eigenvalue weighted by molar-refractivity contribution is 0.114. The average Bonchev–Trinajstić information content (AvgIpc) is 2.42. The summed E-state index contributed by atoms with van der Waals surface area (Å²) in [6.45, 7) is 7.48. The first-order chi connectivity index (χ1) is 9.24. The van der Waals surface area contributed by atoms with Gasteiger partial charge in [0.2, 0.25) is 0 Å². The molecule has 1 aromatic carbocycles. The topological polar surface area (TPSA) is 30.3 Å². The number of rotatable bonds is 4. The molecule has 1 fully saturated rings. The Morgan fingerprint density at radius 3 is 2.63 bits per heavy atom. The Balaban J connectivity index is 2.02. The highest BCUT2D eigenvalue weighted by molar-refractivity contribution is 9.10. The van der Waals surface area contributed by atoms with Crippen molar-refractivity contribution < 1.29 is 0 Å². The standard InChI is InChI=1S/C15H20BrN3/c1-2-6-18-7-9-19(10-8-18)15(12-17)13-4-3-5-14(16)11-13/h3-5,11,15H,2,6-10H2,1H3. The van der Waals surface area contributed by atoms with E-state index in [1.54, 1.807) is 0 Å². The predicted octanol–water partition coefficient (Wildman–Crippen LogP) is 3.04. The Bertz CT molecular complexity index is 447. The molecule has 3 nitrogen and oxygen atoms in total. The second-order valence-corrected chi connectivity index (χ2v) is 5.88. The summed E-state index contributed by atoms with van der Waals surface area (Å²) in [6.07, 6.45) is 1.20. The van der Waals surface area contributed by atoms with Crippen molar-refractivity contribution in [2.75, 3.05) is 32.7 Å². The fourth-order valence-corrected chi connectivity index (χ4v) is 3.02. The van der Waals surface area contributed by atoms with Crippen LogP contribution in [0.3, 0.4) is 0 Å². The minimum Gasteiger partial charge on any atom is -0.301 e. The van der Waals surface area contributed by atoms with Crippen LogP contribution in [0.25, 0.3) is 0 Å². The highest BCUT2D eigenvalue weighted by Crippen LogP contribution is 2.24. The summed E-state index contributed by atoms with van der Waals surface area (Å²) in [4.78, 5) is 4.76. The summed E-state index contributed by atoms with van der Waals surface area (Å²) < 4.78 is 1.04. The Kier molecular flexibility index (Phi) is 5.38. The number of hydrogen-bond acceptors (Lipinski definition) is 3. The van der Waals surface area contributed by atoms with Crippen molar-refractivity contribution in [3.63, 3.8) is 0 Å². The van der Waals surface area contributed by atoms with Crippen LogP contribution < -0.4 is 0 Å². The first kappa shape index (κ1) is 14.5. The SMILES string of the molecule is CCCN1CCN(C(C#N)c2cccc(Br)c2)CC1. The molecule has 0 spiro atoms.